The van der Waals surface area contributed by atoms with E-state index >= 15 is 4.39 Å². The molecule has 4 nitrogen and oxygen atoms in total. The van der Waals surface area contributed by atoms with Crippen LogP contribution < -0.4 is 10.6 Å². The summed E-state index contributed by atoms with van der Waals surface area (Å²) in [5.41, 5.74) is -3.61. The van der Waals surface area contributed by atoms with Gasteiger partial charge in [0.1, 0.15) is 12.2 Å². The normalized spacial score (nSPS) is 14.5. The summed E-state index contributed by atoms with van der Waals surface area (Å²) in [6, 6.07) is 3.93. The lowest BCUT2D eigenvalue weighted by atomic mass is 9.91. The van der Waals surface area contributed by atoms with Gasteiger partial charge in [-0.05, 0) is 74.7 Å². The van der Waals surface area contributed by atoms with Crippen LogP contribution in [0.1, 0.15) is 53.2 Å². The predicted molar refractivity (Wildman–Crippen MR) is 136 cm³/mol. The molecule has 0 saturated carbocycles. The Morgan fingerprint density at radius 2 is 1.52 bits per heavy atom. The van der Waals surface area contributed by atoms with E-state index in [1.165, 1.54) is 12.1 Å². The number of carbonyl (C=O) groups is 2. The Hall–Kier alpha value is -2.26. The average Bonchev–Trinajstić information content (AvgIpc) is 2.77. The van der Waals surface area contributed by atoms with Crippen LogP contribution >= 0.6 is 43.5 Å². The van der Waals surface area contributed by atoms with E-state index in [2.05, 4.69) is 31.9 Å². The smallest absolute Gasteiger partial charge is 0.336 e. The number of rotatable bonds is 8. The molecule has 2 aromatic rings. The van der Waals surface area contributed by atoms with Gasteiger partial charge in [0.2, 0.25) is 5.91 Å². The minimum absolute atomic E-state index is 0.126. The molecule has 16 heteroatoms. The molecule has 0 aromatic heterocycles. The summed E-state index contributed by atoms with van der Waals surface area (Å²) in [7, 11) is 0. The van der Waals surface area contributed by atoms with Gasteiger partial charge in [-0.3, -0.25) is 9.59 Å². The predicted octanol–water partition coefficient (Wildman–Crippen LogP) is 8.78. The van der Waals surface area contributed by atoms with E-state index in [1.54, 1.807) is 5.32 Å². The van der Waals surface area contributed by atoms with Crippen molar-refractivity contribution in [3.8, 4) is 0 Å². The number of hydrogen-bond donors (Lipinski definition) is 2. The van der Waals surface area contributed by atoms with Crippen molar-refractivity contribution in [2.45, 2.75) is 50.6 Å². The Labute approximate surface area is 243 Å². The molecule has 2 N–H and O–H groups in total. The fourth-order valence-electron chi connectivity index (χ4n) is 3.44. The quantitative estimate of drug-likeness (QED) is 0.162. The molecule has 2 aromatic carbocycles. The maximum atomic E-state index is 15.1. The van der Waals surface area contributed by atoms with Crippen LogP contribution in [-0.2, 0) is 11.0 Å². The maximum absolute atomic E-state index is 15.1. The van der Waals surface area contributed by atoms with Crippen LogP contribution in [-0.4, -0.2) is 30.1 Å². The van der Waals surface area contributed by atoms with Gasteiger partial charge in [0.25, 0.3) is 11.8 Å². The van der Waals surface area contributed by atoms with Crippen molar-refractivity contribution in [1.82, 2.24) is 10.6 Å². The molecule has 2 rings (SSSR count). The van der Waals surface area contributed by atoms with Gasteiger partial charge in [0.05, 0.1) is 28.2 Å². The van der Waals surface area contributed by atoms with Crippen LogP contribution in [0.3, 0.4) is 0 Å². The van der Waals surface area contributed by atoms with Crippen LogP contribution in [0.15, 0.2) is 45.4 Å². The zero-order valence-corrected chi connectivity index (χ0v) is 24.1. The lowest BCUT2D eigenvalue weighted by Crippen LogP contribution is -2.47. The van der Waals surface area contributed by atoms with E-state index in [9.17, 15) is 44.7 Å². The van der Waals surface area contributed by atoms with Gasteiger partial charge in [0.15, 0.2) is 0 Å². The van der Waals surface area contributed by atoms with Gasteiger partial charge in [-0.1, -0.05) is 17.7 Å². The fourth-order valence-corrected chi connectivity index (χ4v) is 4.77. The van der Waals surface area contributed by atoms with Gasteiger partial charge in [-0.25, -0.2) is 13.2 Å². The van der Waals surface area contributed by atoms with Gasteiger partial charge >= 0.3 is 12.4 Å². The number of allylic oxidation sites excluding steroid dienone is 1. The fraction of sp³-hybridized carbons (Fsp3) is 0.333. The molecule has 0 bridgehead atoms. The minimum atomic E-state index is -5.23. The zero-order valence-electron chi connectivity index (χ0n) is 20.2. The molecule has 0 aliphatic carbocycles. The second kappa shape index (κ2) is 12.7. The molecule has 0 spiro atoms. The van der Waals surface area contributed by atoms with Crippen LogP contribution in [0.4, 0.5) is 39.5 Å². The highest BCUT2D eigenvalue weighted by Crippen LogP contribution is 2.42. The van der Waals surface area contributed by atoms with Crippen LogP contribution in [0.2, 0.25) is 5.02 Å². The summed E-state index contributed by atoms with van der Waals surface area (Å²) in [5, 5.41) is 3.80. The topological polar surface area (TPSA) is 58.2 Å². The molecule has 40 heavy (non-hydrogen) atoms. The van der Waals surface area contributed by atoms with Gasteiger partial charge in [-0.15, -0.1) is 0 Å². The molecule has 0 aliphatic heterocycles. The molecule has 1 unspecified atom stereocenters. The standard InChI is InChI=1S/C24H18Br2ClF9N2O2/c1-10(37-19(39)9-23(31,32)33)38-21(40)13-4-3-11(5-15(13)24(34,35)36)18(28)8-14(22(2,29)30)12-6-16(25)20(27)17(26)7-12/h3-8,10,14H,9H2,1-2H3,(H,37,39)(H,38,40)/b18-8-/t10-,14?/m1/s1. The number of alkyl halides is 8. The van der Waals surface area contributed by atoms with E-state index in [1.807, 2.05) is 5.32 Å². The maximum Gasteiger partial charge on any atom is 0.417 e. The second-order valence-corrected chi connectivity index (χ2v) is 10.6. The van der Waals surface area contributed by atoms with Gasteiger partial charge in [-0.2, -0.15) is 26.3 Å². The third-order valence-electron chi connectivity index (χ3n) is 5.16. The summed E-state index contributed by atoms with van der Waals surface area (Å²) >= 11 is 12.1. The highest BCUT2D eigenvalue weighted by Gasteiger charge is 2.38. The number of hydrogen-bond acceptors (Lipinski definition) is 2. The SMILES string of the molecule is C[C@H](NC(=O)CC(F)(F)F)NC(=O)c1ccc(/C(F)=C/C(c2cc(Br)c(Cl)c(Br)c2)C(C)(F)F)cc1C(F)(F)F. The molecule has 0 radical (unpaired) electrons. The van der Waals surface area contributed by atoms with Crippen molar-refractivity contribution in [2.75, 3.05) is 0 Å². The average molecular weight is 733 g/mol. The van der Waals surface area contributed by atoms with E-state index < -0.39 is 71.1 Å². The number of benzene rings is 2. The number of nitrogens with one attached hydrogen (secondary N) is 2. The minimum Gasteiger partial charge on any atom is -0.336 e. The largest absolute Gasteiger partial charge is 0.417 e. The van der Waals surface area contributed by atoms with Crippen molar-refractivity contribution in [3.63, 3.8) is 0 Å². The van der Waals surface area contributed by atoms with Crippen molar-refractivity contribution < 1.29 is 49.1 Å². The number of amides is 2. The molecule has 0 aliphatic rings. The Morgan fingerprint density at radius 3 is 2.00 bits per heavy atom. The first-order chi connectivity index (χ1) is 18.1. The summed E-state index contributed by atoms with van der Waals surface area (Å²) in [5.74, 6) is -9.98. The first kappa shape index (κ1) is 33.9. The summed E-state index contributed by atoms with van der Waals surface area (Å²) < 4.78 is 123. The van der Waals surface area contributed by atoms with Gasteiger partial charge in [0, 0.05) is 21.4 Å². The van der Waals surface area contributed by atoms with E-state index in [0.29, 0.717) is 19.1 Å². The van der Waals surface area contributed by atoms with Gasteiger partial charge < -0.3 is 10.6 Å². The Balaban J connectivity index is 2.44. The van der Waals surface area contributed by atoms with Crippen LogP contribution in [0, 0.1) is 0 Å². The summed E-state index contributed by atoms with van der Waals surface area (Å²) in [6.07, 6.45) is -13.1. The van der Waals surface area contributed by atoms with Crippen LogP contribution in [0.5, 0.6) is 0 Å². The third-order valence-corrected chi connectivity index (χ3v) is 7.27. The van der Waals surface area contributed by atoms with E-state index in [4.69, 9.17) is 11.6 Å². The second-order valence-electron chi connectivity index (χ2n) is 8.56. The summed E-state index contributed by atoms with van der Waals surface area (Å²) in [6.45, 7) is 1.50. The van der Waals surface area contributed by atoms with Crippen molar-refractivity contribution in [3.05, 3.63) is 72.6 Å². The zero-order chi connectivity index (χ0) is 30.8. The molecule has 0 fully saturated rings. The molecule has 2 atom stereocenters. The first-order valence-corrected chi connectivity index (χ1v) is 12.8. The lowest BCUT2D eigenvalue weighted by molar-refractivity contribution is -0.154. The third kappa shape index (κ3) is 9.40. The van der Waals surface area contributed by atoms with Crippen LogP contribution in [0.25, 0.3) is 5.83 Å². The monoisotopic (exact) mass is 730 g/mol. The first-order valence-electron chi connectivity index (χ1n) is 10.9. The van der Waals surface area contributed by atoms with Crippen molar-refractivity contribution >= 4 is 61.1 Å². The molecular formula is C24H18Br2ClF9N2O2. The Morgan fingerprint density at radius 1 is 0.975 bits per heavy atom. The lowest BCUT2D eigenvalue weighted by Gasteiger charge is -2.22. The molecule has 0 saturated heterocycles. The Kier molecular flexibility index (Phi) is 10.8. The molecule has 2 amide bonds. The highest BCUT2D eigenvalue weighted by atomic mass is 79.9. The molecule has 0 heterocycles. The highest BCUT2D eigenvalue weighted by molar-refractivity contribution is 9.11. The molecule has 220 valence electrons. The number of carbonyl (C=O) groups excluding carboxylic acids is 2. The van der Waals surface area contributed by atoms with E-state index in [0.717, 1.165) is 13.0 Å². The number of halogens is 12. The summed E-state index contributed by atoms with van der Waals surface area (Å²) in [4.78, 5) is 23.8. The van der Waals surface area contributed by atoms with Crippen molar-refractivity contribution in [2.24, 2.45) is 0 Å². The van der Waals surface area contributed by atoms with Crippen molar-refractivity contribution in [1.29, 1.82) is 0 Å². The van der Waals surface area contributed by atoms with E-state index in [-0.39, 0.29) is 25.6 Å². The molecular weight excluding hydrogens is 715 g/mol. The Bertz CT molecular complexity index is 1290.